The molecule has 0 atom stereocenters. The van der Waals surface area contributed by atoms with Gasteiger partial charge in [-0.25, -0.2) is 23.1 Å². The minimum Gasteiger partial charge on any atom is -0.326 e. The number of para-hydroxylation sites is 1. The summed E-state index contributed by atoms with van der Waals surface area (Å²) in [7, 11) is -3.85. The summed E-state index contributed by atoms with van der Waals surface area (Å²) in [6.45, 7) is 1.74. The number of hydrogen-bond acceptors (Lipinski definition) is 9. The van der Waals surface area contributed by atoms with Gasteiger partial charge in [0.1, 0.15) is 0 Å². The number of sulfonamides is 1. The van der Waals surface area contributed by atoms with E-state index in [1.54, 1.807) is 17.7 Å². The molecule has 0 unspecified atom stereocenters. The quantitative estimate of drug-likeness (QED) is 0.334. The van der Waals surface area contributed by atoms with Crippen molar-refractivity contribution in [3.05, 3.63) is 72.6 Å². The maximum absolute atomic E-state index is 12.5. The lowest BCUT2D eigenvalue weighted by atomic mass is 10.3. The summed E-state index contributed by atoms with van der Waals surface area (Å²) in [6, 6.07) is 17.0. The van der Waals surface area contributed by atoms with Crippen LogP contribution in [0.1, 0.15) is 12.1 Å². The molecule has 11 nitrogen and oxygen atoms in total. The number of nitrogens with one attached hydrogen (secondary N) is 2. The van der Waals surface area contributed by atoms with Gasteiger partial charge in [0.05, 0.1) is 10.6 Å². The van der Waals surface area contributed by atoms with Crippen molar-refractivity contribution in [1.29, 1.82) is 0 Å². The van der Waals surface area contributed by atoms with Crippen molar-refractivity contribution >= 4 is 39.3 Å². The Balaban J connectivity index is 1.30. The molecule has 4 rings (SSSR count). The molecule has 0 aliphatic rings. The topological polar surface area (TPSA) is 145 Å². The van der Waals surface area contributed by atoms with Crippen LogP contribution in [0.5, 0.6) is 0 Å². The van der Waals surface area contributed by atoms with Crippen LogP contribution in [0.4, 0.5) is 11.6 Å². The van der Waals surface area contributed by atoms with E-state index in [1.165, 1.54) is 42.2 Å². The molecule has 0 saturated carbocycles. The zero-order valence-corrected chi connectivity index (χ0v) is 19.6. The lowest BCUT2D eigenvalue weighted by molar-refractivity contribution is -0.115. The molecule has 0 radical (unpaired) electrons. The van der Waals surface area contributed by atoms with Crippen LogP contribution in [0.3, 0.4) is 0 Å². The Morgan fingerprint density at radius 2 is 1.82 bits per heavy atom. The van der Waals surface area contributed by atoms with Gasteiger partial charge in [-0.1, -0.05) is 30.0 Å². The number of anilines is 2. The Bertz CT molecular complexity index is 1380. The number of aryl methyl sites for hydroxylation is 1. The van der Waals surface area contributed by atoms with Gasteiger partial charge in [-0.05, 0) is 59.8 Å². The number of hydrogen-bond donors (Lipinski definition) is 2. The smallest absolute Gasteiger partial charge is 0.264 e. The summed E-state index contributed by atoms with van der Waals surface area (Å²) < 4.78 is 29.0. The van der Waals surface area contributed by atoms with E-state index in [2.05, 4.69) is 35.5 Å². The molecule has 0 aliphatic carbocycles. The molecule has 0 fully saturated rings. The molecule has 13 heteroatoms. The van der Waals surface area contributed by atoms with Crippen LogP contribution in [0.2, 0.25) is 0 Å². The number of carbonyl (C=O) groups is 1. The molecule has 0 aliphatic heterocycles. The van der Waals surface area contributed by atoms with E-state index in [-0.39, 0.29) is 23.2 Å². The van der Waals surface area contributed by atoms with Gasteiger partial charge < -0.3 is 5.32 Å². The van der Waals surface area contributed by atoms with Crippen molar-refractivity contribution in [2.24, 2.45) is 0 Å². The van der Waals surface area contributed by atoms with Crippen LogP contribution >= 0.6 is 11.8 Å². The number of nitrogens with zero attached hydrogens (tertiary/aromatic N) is 6. The van der Waals surface area contributed by atoms with Crippen molar-refractivity contribution < 1.29 is 13.2 Å². The first-order valence-electron chi connectivity index (χ1n) is 10.1. The molecule has 0 saturated heterocycles. The first-order chi connectivity index (χ1) is 16.4. The molecule has 2 aromatic heterocycles. The number of benzene rings is 2. The average molecular weight is 497 g/mol. The Labute approximate surface area is 200 Å². The lowest BCUT2D eigenvalue weighted by Crippen LogP contribution is -2.16. The molecule has 34 heavy (non-hydrogen) atoms. The molecule has 1 amide bonds. The Morgan fingerprint density at radius 3 is 2.56 bits per heavy atom. The van der Waals surface area contributed by atoms with Crippen LogP contribution in [0.25, 0.3) is 5.69 Å². The Morgan fingerprint density at radius 1 is 1.06 bits per heavy atom. The first-order valence-corrected chi connectivity index (χ1v) is 12.6. The summed E-state index contributed by atoms with van der Waals surface area (Å²) in [5, 5.41) is 15.0. The van der Waals surface area contributed by atoms with E-state index in [9.17, 15) is 13.2 Å². The molecule has 0 spiro atoms. The summed E-state index contributed by atoms with van der Waals surface area (Å²) in [4.78, 5) is 20.3. The highest BCUT2D eigenvalue weighted by molar-refractivity contribution is 7.99. The number of amides is 1. The highest BCUT2D eigenvalue weighted by atomic mass is 32.2. The summed E-state index contributed by atoms with van der Waals surface area (Å²) >= 11 is 1.36. The second-order valence-corrected chi connectivity index (χ2v) is 9.75. The number of rotatable bonds is 9. The third-order valence-corrected chi connectivity index (χ3v) is 6.74. The molecule has 174 valence electrons. The van der Waals surface area contributed by atoms with Crippen LogP contribution in [0.15, 0.2) is 76.9 Å². The average Bonchev–Trinajstić information content (AvgIpc) is 3.28. The van der Waals surface area contributed by atoms with Gasteiger partial charge in [0.15, 0.2) is 0 Å². The number of tetrazole rings is 1. The Kier molecular flexibility index (Phi) is 7.13. The van der Waals surface area contributed by atoms with Gasteiger partial charge in [0.2, 0.25) is 17.0 Å². The second kappa shape index (κ2) is 10.4. The SMILES string of the molecule is Cc1ccnc(NS(=O)(=O)c2ccc(NC(=O)CCSc3nnnn3-c3ccccc3)cc2)n1. The maximum Gasteiger partial charge on any atom is 0.264 e. The lowest BCUT2D eigenvalue weighted by Gasteiger charge is -2.09. The van der Waals surface area contributed by atoms with E-state index in [1.807, 2.05) is 30.3 Å². The third kappa shape index (κ3) is 5.94. The van der Waals surface area contributed by atoms with Crippen LogP contribution < -0.4 is 10.0 Å². The summed E-state index contributed by atoms with van der Waals surface area (Å²) in [5.41, 5.74) is 1.95. The number of carbonyl (C=O) groups excluding carboxylic acids is 1. The fourth-order valence-corrected chi connectivity index (χ4v) is 4.63. The highest BCUT2D eigenvalue weighted by Crippen LogP contribution is 2.20. The van der Waals surface area contributed by atoms with Crippen LogP contribution in [0, 0.1) is 6.92 Å². The van der Waals surface area contributed by atoms with Gasteiger partial charge in [-0.15, -0.1) is 5.10 Å². The monoisotopic (exact) mass is 496 g/mol. The zero-order valence-electron chi connectivity index (χ0n) is 18.0. The molecule has 2 heterocycles. The van der Waals surface area contributed by atoms with E-state index in [4.69, 9.17) is 0 Å². The molecule has 4 aromatic rings. The predicted octanol–water partition coefficient (Wildman–Crippen LogP) is 2.68. The van der Waals surface area contributed by atoms with E-state index < -0.39 is 10.0 Å². The standard InChI is InChI=1S/C21H20N8O3S2/c1-15-11-13-22-20(23-15)26-34(31,32)18-9-7-16(8-10-18)24-19(30)12-14-33-21-25-27-28-29(21)17-5-3-2-4-6-17/h2-11,13H,12,14H2,1H3,(H,24,30)(H,22,23,26). The normalized spacial score (nSPS) is 11.2. The van der Waals surface area contributed by atoms with Gasteiger partial charge >= 0.3 is 0 Å². The van der Waals surface area contributed by atoms with Crippen LogP contribution in [-0.2, 0) is 14.8 Å². The minimum atomic E-state index is -3.85. The largest absolute Gasteiger partial charge is 0.326 e. The van der Waals surface area contributed by atoms with Crippen molar-refractivity contribution in [3.8, 4) is 5.69 Å². The zero-order chi connectivity index (χ0) is 24.0. The summed E-state index contributed by atoms with van der Waals surface area (Å²) in [6.07, 6.45) is 1.69. The maximum atomic E-state index is 12.5. The van der Waals surface area contributed by atoms with Crippen LogP contribution in [-0.4, -0.2) is 50.3 Å². The van der Waals surface area contributed by atoms with Gasteiger partial charge in [0, 0.05) is 29.8 Å². The van der Waals surface area contributed by atoms with E-state index in [0.717, 1.165) is 5.69 Å². The van der Waals surface area contributed by atoms with Crippen molar-refractivity contribution in [2.75, 3.05) is 15.8 Å². The fraction of sp³-hybridized carbons (Fsp3) is 0.143. The molecular formula is C21H20N8O3S2. The van der Waals surface area contributed by atoms with Crippen molar-refractivity contribution in [1.82, 2.24) is 30.2 Å². The van der Waals surface area contributed by atoms with Crippen molar-refractivity contribution in [2.45, 2.75) is 23.4 Å². The van der Waals surface area contributed by atoms with E-state index in [0.29, 0.717) is 22.3 Å². The predicted molar refractivity (Wildman–Crippen MR) is 127 cm³/mol. The van der Waals surface area contributed by atoms with Gasteiger partial charge in [0.25, 0.3) is 10.0 Å². The fourth-order valence-electron chi connectivity index (χ4n) is 2.85. The molecule has 2 N–H and O–H groups in total. The highest BCUT2D eigenvalue weighted by Gasteiger charge is 2.16. The van der Waals surface area contributed by atoms with Gasteiger partial charge in [-0.3, -0.25) is 4.79 Å². The Hall–Kier alpha value is -3.84. The molecule has 2 aromatic carbocycles. The molecule has 0 bridgehead atoms. The second-order valence-electron chi connectivity index (χ2n) is 7.01. The first kappa shape index (κ1) is 23.3. The number of aromatic nitrogens is 6. The number of thioether (sulfide) groups is 1. The summed E-state index contributed by atoms with van der Waals surface area (Å²) in [5.74, 6) is 0.243. The third-order valence-electron chi connectivity index (χ3n) is 4.47. The minimum absolute atomic E-state index is 0.00632. The van der Waals surface area contributed by atoms with Gasteiger partial charge in [-0.2, -0.15) is 4.68 Å². The van der Waals surface area contributed by atoms with Crippen molar-refractivity contribution in [3.63, 3.8) is 0 Å². The molecular weight excluding hydrogens is 476 g/mol. The van der Waals surface area contributed by atoms with E-state index >= 15 is 0 Å².